The number of alkyl halides is 3. The summed E-state index contributed by atoms with van der Waals surface area (Å²) in [6, 6.07) is 5.33. The topological polar surface area (TPSA) is 82.5 Å². The van der Waals surface area contributed by atoms with Crippen LogP contribution in [0.1, 0.15) is 28.2 Å². The number of carbonyl (C=O) groups is 2. The average molecular weight is 470 g/mol. The van der Waals surface area contributed by atoms with E-state index in [1.54, 1.807) is 18.3 Å². The van der Waals surface area contributed by atoms with E-state index in [9.17, 15) is 18.0 Å². The van der Waals surface area contributed by atoms with E-state index in [0.717, 1.165) is 36.6 Å². The summed E-state index contributed by atoms with van der Waals surface area (Å²) in [5.74, 6) is -2.73. The van der Waals surface area contributed by atoms with Gasteiger partial charge in [0.1, 0.15) is 9.34 Å². The average Bonchev–Trinajstić information content (AvgIpc) is 3.31. The zero-order chi connectivity index (χ0) is 21.6. The third kappa shape index (κ3) is 7.06. The summed E-state index contributed by atoms with van der Waals surface area (Å²) in [7, 11) is 0. The molecule has 0 spiro atoms. The van der Waals surface area contributed by atoms with Crippen molar-refractivity contribution in [3.05, 3.63) is 44.3 Å². The number of hydrogen-bond acceptors (Lipinski definition) is 5. The van der Waals surface area contributed by atoms with E-state index >= 15 is 0 Å². The summed E-state index contributed by atoms with van der Waals surface area (Å²) >= 11 is 13.4. The highest BCUT2D eigenvalue weighted by Gasteiger charge is 2.38. The van der Waals surface area contributed by atoms with Gasteiger partial charge >= 0.3 is 12.1 Å². The van der Waals surface area contributed by atoms with Crippen LogP contribution in [0, 0.1) is 0 Å². The molecule has 2 heterocycles. The highest BCUT2D eigenvalue weighted by atomic mass is 35.5. The number of nitrogens with zero attached hydrogens (tertiary/aromatic N) is 2. The summed E-state index contributed by atoms with van der Waals surface area (Å²) in [5.41, 5.74) is 1.38. The first-order chi connectivity index (χ1) is 13.6. The molecule has 0 atom stereocenters. The number of aliphatic carboxylic acids is 1. The molecule has 29 heavy (non-hydrogen) atoms. The number of rotatable bonds is 4. The smallest absolute Gasteiger partial charge is 0.475 e. The van der Waals surface area contributed by atoms with Gasteiger partial charge in [-0.3, -0.25) is 4.79 Å². The molecule has 1 aliphatic heterocycles. The highest BCUT2D eigenvalue weighted by Crippen LogP contribution is 2.25. The van der Waals surface area contributed by atoms with Crippen molar-refractivity contribution in [3.63, 3.8) is 0 Å². The summed E-state index contributed by atoms with van der Waals surface area (Å²) in [6.07, 6.45) is -1.33. The molecule has 3 rings (SSSR count). The Morgan fingerprint density at radius 1 is 1.24 bits per heavy atom. The zero-order valence-electron chi connectivity index (χ0n) is 14.8. The fourth-order valence-corrected chi connectivity index (χ4v) is 3.55. The Morgan fingerprint density at radius 2 is 1.86 bits per heavy atom. The fraction of sp³-hybridized carbons (Fsp3) is 0.353. The number of hydrogen-bond donors (Lipinski definition) is 2. The summed E-state index contributed by atoms with van der Waals surface area (Å²) in [4.78, 5) is 27.6. The van der Waals surface area contributed by atoms with Crippen molar-refractivity contribution in [1.82, 2.24) is 9.88 Å². The first-order valence-corrected chi connectivity index (χ1v) is 9.88. The largest absolute Gasteiger partial charge is 0.490 e. The summed E-state index contributed by atoms with van der Waals surface area (Å²) in [6.45, 7) is 2.15. The van der Waals surface area contributed by atoms with E-state index in [-0.39, 0.29) is 5.91 Å². The number of aromatic nitrogens is 1. The van der Waals surface area contributed by atoms with E-state index < -0.39 is 12.1 Å². The quantitative estimate of drug-likeness (QED) is 0.662. The molecule has 1 aromatic carbocycles. The third-order valence-corrected chi connectivity index (χ3v) is 5.15. The summed E-state index contributed by atoms with van der Waals surface area (Å²) in [5, 5.41) is 11.8. The van der Waals surface area contributed by atoms with Crippen LogP contribution in [-0.4, -0.2) is 46.1 Å². The van der Waals surface area contributed by atoms with Crippen LogP contribution in [0.15, 0.2) is 24.4 Å². The number of benzene rings is 1. The number of amides is 1. The number of nitrogens with one attached hydrogen (secondary N) is 1. The van der Waals surface area contributed by atoms with Crippen LogP contribution in [0.4, 0.5) is 18.9 Å². The monoisotopic (exact) mass is 469 g/mol. The lowest BCUT2D eigenvalue weighted by Crippen LogP contribution is -2.28. The molecule has 12 heteroatoms. The van der Waals surface area contributed by atoms with E-state index in [1.165, 1.54) is 11.3 Å². The van der Waals surface area contributed by atoms with Crippen LogP contribution in [0.2, 0.25) is 9.36 Å². The Bertz CT molecular complexity index is 871. The van der Waals surface area contributed by atoms with Gasteiger partial charge in [-0.2, -0.15) is 13.2 Å². The minimum atomic E-state index is -5.08. The van der Waals surface area contributed by atoms with Gasteiger partial charge in [0, 0.05) is 23.8 Å². The van der Waals surface area contributed by atoms with Crippen LogP contribution in [0.25, 0.3) is 0 Å². The van der Waals surface area contributed by atoms with Crippen LogP contribution < -0.4 is 5.32 Å². The van der Waals surface area contributed by atoms with Gasteiger partial charge < -0.3 is 15.3 Å². The maximum absolute atomic E-state index is 12.6. The first kappa shape index (κ1) is 23.2. The number of halogens is 5. The minimum absolute atomic E-state index is 0.0275. The van der Waals surface area contributed by atoms with Gasteiger partial charge in [-0.1, -0.05) is 23.2 Å². The Kier molecular flexibility index (Phi) is 8.12. The van der Waals surface area contributed by atoms with Gasteiger partial charge in [0.25, 0.3) is 5.91 Å². The number of likely N-dealkylation sites (tertiary alicyclic amines) is 1. The van der Waals surface area contributed by atoms with Gasteiger partial charge in [-0.05, 0) is 31.0 Å². The molecule has 1 aromatic heterocycles. The van der Waals surface area contributed by atoms with E-state index in [4.69, 9.17) is 33.1 Å². The normalized spacial score (nSPS) is 13.6. The molecule has 158 valence electrons. The standard InChI is InChI=1S/C15H15Cl2N3OS.C2HF3O2/c16-10-3-4-12(18-9-14-19-8-13(17)22-14)11(7-10)15(21)20-5-1-2-6-20;3-2(4,5)1(6)7/h3-4,7-8,18H,1-2,5-6,9H2;(H,6,7). The summed E-state index contributed by atoms with van der Waals surface area (Å²) < 4.78 is 32.4. The second-order valence-electron chi connectivity index (χ2n) is 5.90. The molecule has 0 unspecified atom stereocenters. The van der Waals surface area contributed by atoms with Crippen LogP contribution in [0.3, 0.4) is 0 Å². The molecule has 0 aliphatic carbocycles. The lowest BCUT2D eigenvalue weighted by molar-refractivity contribution is -0.192. The van der Waals surface area contributed by atoms with Gasteiger partial charge in [0.05, 0.1) is 18.3 Å². The zero-order valence-corrected chi connectivity index (χ0v) is 17.1. The number of anilines is 1. The van der Waals surface area contributed by atoms with Gasteiger partial charge in [-0.25, -0.2) is 9.78 Å². The molecule has 1 saturated heterocycles. The maximum Gasteiger partial charge on any atom is 0.490 e. The van der Waals surface area contributed by atoms with Crippen molar-refractivity contribution in [3.8, 4) is 0 Å². The van der Waals surface area contributed by atoms with Crippen LogP contribution in [0.5, 0.6) is 0 Å². The Morgan fingerprint density at radius 3 is 2.38 bits per heavy atom. The van der Waals surface area contributed by atoms with E-state index in [1.807, 2.05) is 11.0 Å². The molecular formula is C17H16Cl2F3N3O3S. The second-order valence-corrected chi connectivity index (χ2v) is 8.09. The van der Waals surface area contributed by atoms with Crippen LogP contribution in [-0.2, 0) is 11.3 Å². The molecule has 1 aliphatic rings. The Hall–Kier alpha value is -2.04. The number of carboxylic acids is 1. The maximum atomic E-state index is 12.6. The third-order valence-electron chi connectivity index (χ3n) is 3.80. The minimum Gasteiger partial charge on any atom is -0.475 e. The van der Waals surface area contributed by atoms with Gasteiger partial charge in [0.2, 0.25) is 0 Å². The van der Waals surface area contributed by atoms with Gasteiger partial charge in [0.15, 0.2) is 0 Å². The predicted octanol–water partition coefficient (Wildman–Crippen LogP) is 4.93. The van der Waals surface area contributed by atoms with E-state index in [0.29, 0.717) is 21.5 Å². The number of thiazole rings is 1. The molecule has 1 amide bonds. The molecule has 2 N–H and O–H groups in total. The lowest BCUT2D eigenvalue weighted by Gasteiger charge is -2.18. The van der Waals surface area contributed by atoms with Crippen molar-refractivity contribution in [2.24, 2.45) is 0 Å². The SMILES string of the molecule is O=C(O)C(F)(F)F.O=C(c1cc(Cl)ccc1NCc1ncc(Cl)s1)N1CCCC1. The lowest BCUT2D eigenvalue weighted by atomic mass is 10.1. The number of carboxylic acid groups (broad SMARTS) is 1. The highest BCUT2D eigenvalue weighted by molar-refractivity contribution is 7.15. The predicted molar refractivity (Wildman–Crippen MR) is 105 cm³/mol. The van der Waals surface area contributed by atoms with Crippen molar-refractivity contribution in [2.75, 3.05) is 18.4 Å². The van der Waals surface area contributed by atoms with Crippen molar-refractivity contribution >= 4 is 52.1 Å². The number of carbonyl (C=O) groups excluding carboxylic acids is 1. The molecule has 2 aromatic rings. The Balaban J connectivity index is 0.000000370. The van der Waals surface area contributed by atoms with Crippen LogP contribution >= 0.6 is 34.5 Å². The van der Waals surface area contributed by atoms with Crippen molar-refractivity contribution < 1.29 is 27.9 Å². The van der Waals surface area contributed by atoms with Gasteiger partial charge in [-0.15, -0.1) is 11.3 Å². The molecule has 6 nitrogen and oxygen atoms in total. The van der Waals surface area contributed by atoms with Crippen molar-refractivity contribution in [1.29, 1.82) is 0 Å². The molecule has 1 fully saturated rings. The molecular weight excluding hydrogens is 454 g/mol. The van der Waals surface area contributed by atoms with E-state index in [2.05, 4.69) is 10.3 Å². The molecule has 0 radical (unpaired) electrons. The van der Waals surface area contributed by atoms with Crippen molar-refractivity contribution in [2.45, 2.75) is 25.6 Å². The molecule has 0 bridgehead atoms. The first-order valence-electron chi connectivity index (χ1n) is 8.31. The fourth-order valence-electron chi connectivity index (χ4n) is 2.48. The molecule has 0 saturated carbocycles. The second kappa shape index (κ2) is 10.1. The Labute approximate surface area is 178 Å².